The molecule has 14 heavy (non-hydrogen) atoms. The topological polar surface area (TPSA) is 24.5 Å². The molecular weight excluding hydrogens is 176 g/mol. The van der Waals surface area contributed by atoms with Gasteiger partial charge in [-0.25, -0.2) is 0 Å². The molecule has 2 aliphatic rings. The molecule has 0 aromatic rings. The van der Waals surface area contributed by atoms with Crippen LogP contribution >= 0.6 is 0 Å². The first-order valence-electron chi connectivity index (χ1n) is 5.71. The van der Waals surface area contributed by atoms with E-state index in [1.807, 2.05) is 0 Å². The van der Waals surface area contributed by atoms with Gasteiger partial charge in [-0.3, -0.25) is 0 Å². The van der Waals surface area contributed by atoms with Crippen LogP contribution in [0.1, 0.15) is 25.7 Å². The van der Waals surface area contributed by atoms with Gasteiger partial charge in [-0.1, -0.05) is 0 Å². The van der Waals surface area contributed by atoms with Crippen molar-refractivity contribution in [3.63, 3.8) is 0 Å². The quantitative estimate of drug-likeness (QED) is 0.725. The van der Waals surface area contributed by atoms with E-state index in [0.717, 1.165) is 19.8 Å². The standard InChI is InChI=1S/C11H22N2O/c1-13(2)11(5-3-6-11)9-12-10-4-7-14-8-10/h10,12H,3-9H2,1-2H3. The van der Waals surface area contributed by atoms with Crippen molar-refractivity contribution < 1.29 is 4.74 Å². The second kappa shape index (κ2) is 4.17. The molecule has 1 saturated heterocycles. The van der Waals surface area contributed by atoms with Gasteiger partial charge < -0.3 is 15.0 Å². The molecule has 2 rings (SSSR count). The molecule has 0 aromatic heterocycles. The molecule has 1 saturated carbocycles. The van der Waals surface area contributed by atoms with E-state index < -0.39 is 0 Å². The molecule has 3 nitrogen and oxygen atoms in total. The third-order valence-electron chi connectivity index (χ3n) is 3.88. The van der Waals surface area contributed by atoms with Crippen molar-refractivity contribution in [2.75, 3.05) is 33.9 Å². The van der Waals surface area contributed by atoms with Gasteiger partial charge in [-0.2, -0.15) is 0 Å². The summed E-state index contributed by atoms with van der Waals surface area (Å²) in [6.45, 7) is 2.98. The van der Waals surface area contributed by atoms with Crippen molar-refractivity contribution in [2.45, 2.75) is 37.3 Å². The smallest absolute Gasteiger partial charge is 0.0620 e. The molecule has 82 valence electrons. The average molecular weight is 198 g/mol. The van der Waals surface area contributed by atoms with Gasteiger partial charge in [0.2, 0.25) is 0 Å². The van der Waals surface area contributed by atoms with E-state index in [-0.39, 0.29) is 0 Å². The number of ether oxygens (including phenoxy) is 1. The van der Waals surface area contributed by atoms with Gasteiger partial charge in [0.05, 0.1) is 6.61 Å². The Balaban J connectivity index is 1.77. The molecular formula is C11H22N2O. The van der Waals surface area contributed by atoms with Crippen molar-refractivity contribution >= 4 is 0 Å². The summed E-state index contributed by atoms with van der Waals surface area (Å²) in [5.41, 5.74) is 0.447. The SMILES string of the molecule is CN(C)C1(CNC2CCOC2)CCC1. The lowest BCUT2D eigenvalue weighted by Crippen LogP contribution is -2.57. The van der Waals surface area contributed by atoms with E-state index in [4.69, 9.17) is 4.74 Å². The zero-order valence-electron chi connectivity index (χ0n) is 9.38. The molecule has 0 radical (unpaired) electrons. The van der Waals surface area contributed by atoms with Gasteiger partial charge in [0, 0.05) is 24.7 Å². The van der Waals surface area contributed by atoms with Crippen LogP contribution in [0.15, 0.2) is 0 Å². The molecule has 1 atom stereocenters. The highest BCUT2D eigenvalue weighted by molar-refractivity contribution is 4.98. The largest absolute Gasteiger partial charge is 0.380 e. The summed E-state index contributed by atoms with van der Waals surface area (Å²) in [6.07, 6.45) is 5.27. The number of nitrogens with one attached hydrogen (secondary N) is 1. The van der Waals surface area contributed by atoms with Gasteiger partial charge in [0.1, 0.15) is 0 Å². The maximum Gasteiger partial charge on any atom is 0.0620 e. The van der Waals surface area contributed by atoms with Crippen molar-refractivity contribution in [3.8, 4) is 0 Å². The number of rotatable bonds is 4. The molecule has 1 N–H and O–H groups in total. The van der Waals surface area contributed by atoms with E-state index in [1.165, 1.54) is 25.7 Å². The average Bonchev–Trinajstić information content (AvgIpc) is 2.53. The molecule has 1 aliphatic carbocycles. The first-order chi connectivity index (χ1) is 6.73. The van der Waals surface area contributed by atoms with Gasteiger partial charge in [0.25, 0.3) is 0 Å². The third kappa shape index (κ3) is 1.95. The minimum absolute atomic E-state index is 0.447. The fourth-order valence-electron chi connectivity index (χ4n) is 2.40. The lowest BCUT2D eigenvalue weighted by molar-refractivity contribution is 0.0564. The molecule has 0 bridgehead atoms. The van der Waals surface area contributed by atoms with E-state index in [1.54, 1.807) is 0 Å². The molecule has 0 aromatic carbocycles. The summed E-state index contributed by atoms with van der Waals surface area (Å²) in [6, 6.07) is 0.604. The molecule has 1 unspecified atom stereocenters. The number of hydrogen-bond donors (Lipinski definition) is 1. The lowest BCUT2D eigenvalue weighted by Gasteiger charge is -2.48. The van der Waals surface area contributed by atoms with Crippen LogP contribution in [0, 0.1) is 0 Å². The van der Waals surface area contributed by atoms with Crippen LogP contribution in [0.4, 0.5) is 0 Å². The lowest BCUT2D eigenvalue weighted by atomic mass is 9.75. The van der Waals surface area contributed by atoms with Crippen LogP contribution in [-0.2, 0) is 4.74 Å². The fourth-order valence-corrected chi connectivity index (χ4v) is 2.40. The maximum absolute atomic E-state index is 5.36. The number of likely N-dealkylation sites (N-methyl/N-ethyl adjacent to an activating group) is 1. The zero-order chi connectivity index (χ0) is 10.0. The summed E-state index contributed by atoms with van der Waals surface area (Å²) in [5.74, 6) is 0. The van der Waals surface area contributed by atoms with E-state index in [0.29, 0.717) is 11.6 Å². The Kier molecular flexibility index (Phi) is 3.10. The minimum Gasteiger partial charge on any atom is -0.380 e. The highest BCUT2D eigenvalue weighted by Crippen LogP contribution is 2.35. The Morgan fingerprint density at radius 2 is 2.21 bits per heavy atom. The van der Waals surface area contributed by atoms with E-state index in [9.17, 15) is 0 Å². The predicted molar refractivity (Wildman–Crippen MR) is 57.5 cm³/mol. The summed E-state index contributed by atoms with van der Waals surface area (Å²) < 4.78 is 5.36. The monoisotopic (exact) mass is 198 g/mol. The summed E-state index contributed by atoms with van der Waals surface area (Å²) in [5, 5.41) is 3.64. The van der Waals surface area contributed by atoms with Crippen LogP contribution < -0.4 is 5.32 Å². The summed E-state index contributed by atoms with van der Waals surface area (Å²) >= 11 is 0. The minimum atomic E-state index is 0.447. The molecule has 3 heteroatoms. The molecule has 2 fully saturated rings. The Morgan fingerprint density at radius 1 is 1.43 bits per heavy atom. The highest BCUT2D eigenvalue weighted by Gasteiger charge is 2.39. The summed E-state index contributed by atoms with van der Waals surface area (Å²) in [4.78, 5) is 2.39. The van der Waals surface area contributed by atoms with E-state index >= 15 is 0 Å². The molecule has 1 aliphatic heterocycles. The van der Waals surface area contributed by atoms with Crippen molar-refractivity contribution in [1.29, 1.82) is 0 Å². The normalized spacial score (nSPS) is 30.6. The van der Waals surface area contributed by atoms with Crippen LogP contribution in [0.2, 0.25) is 0 Å². The first kappa shape index (κ1) is 10.4. The second-order valence-electron chi connectivity index (χ2n) is 4.91. The van der Waals surface area contributed by atoms with Crippen LogP contribution in [0.3, 0.4) is 0 Å². The molecule has 1 heterocycles. The third-order valence-corrected chi connectivity index (χ3v) is 3.88. The first-order valence-corrected chi connectivity index (χ1v) is 5.71. The van der Waals surface area contributed by atoms with Gasteiger partial charge in [-0.15, -0.1) is 0 Å². The number of nitrogens with zero attached hydrogens (tertiary/aromatic N) is 1. The maximum atomic E-state index is 5.36. The number of hydrogen-bond acceptors (Lipinski definition) is 3. The van der Waals surface area contributed by atoms with Crippen molar-refractivity contribution in [1.82, 2.24) is 10.2 Å². The Hall–Kier alpha value is -0.120. The van der Waals surface area contributed by atoms with Crippen LogP contribution in [0.25, 0.3) is 0 Å². The van der Waals surface area contributed by atoms with Crippen LogP contribution in [0.5, 0.6) is 0 Å². The molecule has 0 spiro atoms. The fraction of sp³-hybridized carbons (Fsp3) is 1.00. The van der Waals surface area contributed by atoms with Crippen molar-refractivity contribution in [2.24, 2.45) is 0 Å². The van der Waals surface area contributed by atoms with Gasteiger partial charge in [0.15, 0.2) is 0 Å². The van der Waals surface area contributed by atoms with E-state index in [2.05, 4.69) is 24.3 Å². The van der Waals surface area contributed by atoms with Crippen molar-refractivity contribution in [3.05, 3.63) is 0 Å². The molecule has 0 amide bonds. The predicted octanol–water partition coefficient (Wildman–Crippen LogP) is 0.849. The summed E-state index contributed by atoms with van der Waals surface area (Å²) in [7, 11) is 4.40. The highest BCUT2D eigenvalue weighted by atomic mass is 16.5. The van der Waals surface area contributed by atoms with Crippen LogP contribution in [-0.4, -0.2) is 50.3 Å². The Bertz CT molecular complexity index is 184. The van der Waals surface area contributed by atoms with Gasteiger partial charge in [-0.05, 0) is 39.8 Å². The second-order valence-corrected chi connectivity index (χ2v) is 4.91. The Morgan fingerprint density at radius 3 is 2.64 bits per heavy atom. The Labute approximate surface area is 86.8 Å². The zero-order valence-corrected chi connectivity index (χ0v) is 9.38. The van der Waals surface area contributed by atoms with Gasteiger partial charge >= 0.3 is 0 Å².